The molecule has 1 unspecified atom stereocenters. The molecular weight excluding hydrogens is 456 g/mol. The van der Waals surface area contributed by atoms with Crippen LogP contribution in [0.2, 0.25) is 5.02 Å². The first kappa shape index (κ1) is 22.5. The molecule has 8 nitrogen and oxygen atoms in total. The first-order valence-electron chi connectivity index (χ1n) is 12.3. The Hall–Kier alpha value is -1.97. The molecule has 34 heavy (non-hydrogen) atoms. The number of rotatable bonds is 4. The summed E-state index contributed by atoms with van der Waals surface area (Å²) in [6, 6.07) is 6.06. The van der Waals surface area contributed by atoms with Crippen molar-refractivity contribution >= 4 is 39.8 Å². The van der Waals surface area contributed by atoms with E-state index in [0.29, 0.717) is 24.1 Å². The van der Waals surface area contributed by atoms with E-state index < -0.39 is 6.10 Å². The van der Waals surface area contributed by atoms with Gasteiger partial charge in [-0.2, -0.15) is 0 Å². The van der Waals surface area contributed by atoms with Gasteiger partial charge >= 0.3 is 0 Å². The Labute approximate surface area is 204 Å². The van der Waals surface area contributed by atoms with E-state index in [1.54, 1.807) is 6.20 Å². The number of carbonyl (C=O) groups excluding carboxylic acids is 1. The van der Waals surface area contributed by atoms with Gasteiger partial charge in [-0.15, -0.1) is 0 Å². The van der Waals surface area contributed by atoms with Gasteiger partial charge in [0.15, 0.2) is 0 Å². The van der Waals surface area contributed by atoms with E-state index >= 15 is 0 Å². The van der Waals surface area contributed by atoms with Crippen LogP contribution in [0.5, 0.6) is 0 Å². The zero-order valence-corrected chi connectivity index (χ0v) is 20.0. The molecule has 3 atom stereocenters. The van der Waals surface area contributed by atoms with Crippen molar-refractivity contribution in [3.05, 3.63) is 29.4 Å². The fraction of sp³-hybridized carbons (Fsp3) is 0.600. The fourth-order valence-corrected chi connectivity index (χ4v) is 6.19. The number of piperazine rings is 1. The summed E-state index contributed by atoms with van der Waals surface area (Å²) in [5.74, 6) is 0.715. The van der Waals surface area contributed by atoms with E-state index in [1.165, 1.54) is 0 Å². The molecular formula is C25H31ClN4O4. The molecule has 1 aliphatic carbocycles. The summed E-state index contributed by atoms with van der Waals surface area (Å²) < 4.78 is 10.9. The molecule has 1 aromatic carbocycles. The summed E-state index contributed by atoms with van der Waals surface area (Å²) in [4.78, 5) is 21.9. The number of aliphatic hydroxyl groups excluding tert-OH is 1. The zero-order valence-electron chi connectivity index (χ0n) is 19.2. The minimum absolute atomic E-state index is 0.0646. The monoisotopic (exact) mass is 486 g/mol. The predicted octanol–water partition coefficient (Wildman–Crippen LogP) is 2.53. The van der Waals surface area contributed by atoms with Crippen LogP contribution in [0.4, 0.5) is 11.5 Å². The maximum Gasteiger partial charge on any atom is 0.229 e. The summed E-state index contributed by atoms with van der Waals surface area (Å²) in [7, 11) is 0. The lowest BCUT2D eigenvalue weighted by molar-refractivity contribution is -0.118. The second kappa shape index (κ2) is 8.91. The third kappa shape index (κ3) is 4.16. The second-order valence-corrected chi connectivity index (χ2v) is 10.5. The van der Waals surface area contributed by atoms with Crippen LogP contribution in [-0.2, 0) is 14.3 Å². The van der Waals surface area contributed by atoms with Crippen LogP contribution in [0.25, 0.3) is 10.8 Å². The highest BCUT2D eigenvalue weighted by Crippen LogP contribution is 2.59. The summed E-state index contributed by atoms with van der Waals surface area (Å²) in [5, 5.41) is 15.8. The number of amides is 1. The van der Waals surface area contributed by atoms with Gasteiger partial charge in [-0.05, 0) is 48.3 Å². The summed E-state index contributed by atoms with van der Waals surface area (Å²) >= 11 is 6.66. The number of aromatic nitrogens is 1. The molecule has 6 rings (SSSR count). The minimum Gasteiger partial charge on any atom is -0.389 e. The second-order valence-electron chi connectivity index (χ2n) is 10.1. The maximum absolute atomic E-state index is 12.9. The fourth-order valence-electron chi connectivity index (χ4n) is 5.90. The molecule has 2 N–H and O–H groups in total. The van der Waals surface area contributed by atoms with Crippen molar-refractivity contribution < 1.29 is 19.4 Å². The van der Waals surface area contributed by atoms with Crippen molar-refractivity contribution in [2.75, 3.05) is 62.8 Å². The molecule has 1 spiro atoms. The molecule has 4 aliphatic rings. The van der Waals surface area contributed by atoms with Crippen LogP contribution in [0.15, 0.2) is 24.4 Å². The largest absolute Gasteiger partial charge is 0.389 e. The van der Waals surface area contributed by atoms with Crippen LogP contribution in [-0.4, -0.2) is 85.6 Å². The number of pyridine rings is 1. The predicted molar refractivity (Wildman–Crippen MR) is 130 cm³/mol. The Bertz CT molecular complexity index is 1080. The van der Waals surface area contributed by atoms with Gasteiger partial charge in [-0.1, -0.05) is 11.6 Å². The van der Waals surface area contributed by atoms with Crippen molar-refractivity contribution in [3.8, 4) is 0 Å². The van der Waals surface area contributed by atoms with Crippen LogP contribution >= 0.6 is 11.6 Å². The molecule has 3 aliphatic heterocycles. The third-order valence-electron chi connectivity index (χ3n) is 8.18. The van der Waals surface area contributed by atoms with Crippen LogP contribution < -0.4 is 10.2 Å². The number of nitrogens with one attached hydrogen (secondary N) is 1. The number of nitrogens with zero attached hydrogens (tertiary/aromatic N) is 3. The number of aliphatic hydroxyl groups is 1. The standard InChI is InChI=1S/C25H31ClN4O4/c26-19-9-17-13-27-23(28-24(32)18-12-25(18)1-7-33-8-2-25)11-16(17)10-20(19)29-3-5-30(6-4-29)21-14-34-15-22(21)31/h9-11,13,18,21-22,31H,1-8,12,14-15H2,(H,27,28,32)/t18?,21-,22+/m1/s1. The van der Waals surface area contributed by atoms with E-state index in [4.69, 9.17) is 21.1 Å². The molecule has 1 aromatic heterocycles. The van der Waals surface area contributed by atoms with E-state index in [0.717, 1.165) is 75.1 Å². The average Bonchev–Trinajstić information content (AvgIpc) is 3.36. The van der Waals surface area contributed by atoms with Gasteiger partial charge in [0.25, 0.3) is 0 Å². The smallest absolute Gasteiger partial charge is 0.229 e. The van der Waals surface area contributed by atoms with Crippen molar-refractivity contribution in [1.29, 1.82) is 0 Å². The lowest BCUT2D eigenvalue weighted by Gasteiger charge is -2.39. The third-order valence-corrected chi connectivity index (χ3v) is 8.48. The van der Waals surface area contributed by atoms with E-state index in [9.17, 15) is 9.90 Å². The number of fused-ring (bicyclic) bond motifs is 1. The number of carbonyl (C=O) groups is 1. The highest BCUT2D eigenvalue weighted by atomic mass is 35.5. The van der Waals surface area contributed by atoms with Gasteiger partial charge in [-0.3, -0.25) is 9.69 Å². The SMILES string of the molecule is O=C(Nc1cc2cc(N3CCN([C@@H]4COC[C@@H]4O)CC3)c(Cl)cc2cn1)C1CC12CCOCC2. The van der Waals surface area contributed by atoms with Crippen LogP contribution in [0, 0.1) is 11.3 Å². The van der Waals surface area contributed by atoms with Gasteiger partial charge in [0.1, 0.15) is 5.82 Å². The van der Waals surface area contributed by atoms with Gasteiger partial charge in [-0.25, -0.2) is 4.98 Å². The minimum atomic E-state index is -0.408. The number of anilines is 2. The number of hydrogen-bond donors (Lipinski definition) is 2. The molecule has 4 heterocycles. The molecule has 1 amide bonds. The Morgan fingerprint density at radius 2 is 1.88 bits per heavy atom. The Morgan fingerprint density at radius 3 is 2.62 bits per heavy atom. The molecule has 0 radical (unpaired) electrons. The topological polar surface area (TPSA) is 87.2 Å². The zero-order chi connectivity index (χ0) is 23.3. The quantitative estimate of drug-likeness (QED) is 0.686. The van der Waals surface area contributed by atoms with E-state index in [2.05, 4.69) is 26.2 Å². The molecule has 1 saturated carbocycles. The Morgan fingerprint density at radius 1 is 1.09 bits per heavy atom. The van der Waals surface area contributed by atoms with Crippen LogP contribution in [0.3, 0.4) is 0 Å². The number of halogens is 1. The lowest BCUT2D eigenvalue weighted by Crippen LogP contribution is -2.53. The first-order valence-corrected chi connectivity index (χ1v) is 12.6. The van der Waals surface area contributed by atoms with Crippen molar-refractivity contribution in [1.82, 2.24) is 9.88 Å². The number of hydrogen-bond acceptors (Lipinski definition) is 7. The molecule has 9 heteroatoms. The average molecular weight is 487 g/mol. The first-order chi connectivity index (χ1) is 16.5. The number of benzene rings is 1. The summed E-state index contributed by atoms with van der Waals surface area (Å²) in [6.45, 7) is 5.89. The van der Waals surface area contributed by atoms with Gasteiger partial charge in [0, 0.05) is 56.9 Å². The van der Waals surface area contributed by atoms with Crippen molar-refractivity contribution in [3.63, 3.8) is 0 Å². The number of ether oxygens (including phenoxy) is 2. The Kier molecular flexibility index (Phi) is 5.90. The summed E-state index contributed by atoms with van der Waals surface area (Å²) in [6.07, 6.45) is 4.26. The van der Waals surface area contributed by atoms with Gasteiger partial charge < -0.3 is 24.8 Å². The highest BCUT2D eigenvalue weighted by Gasteiger charge is 2.58. The highest BCUT2D eigenvalue weighted by molar-refractivity contribution is 6.34. The Balaban J connectivity index is 1.15. The molecule has 4 fully saturated rings. The molecule has 182 valence electrons. The normalized spacial score (nSPS) is 29.0. The summed E-state index contributed by atoms with van der Waals surface area (Å²) in [5.41, 5.74) is 1.13. The lowest BCUT2D eigenvalue weighted by atomic mass is 9.93. The van der Waals surface area contributed by atoms with Gasteiger partial charge in [0.2, 0.25) is 5.91 Å². The van der Waals surface area contributed by atoms with Crippen molar-refractivity contribution in [2.45, 2.75) is 31.4 Å². The van der Waals surface area contributed by atoms with Crippen LogP contribution in [0.1, 0.15) is 19.3 Å². The maximum atomic E-state index is 12.9. The molecule has 2 aromatic rings. The van der Waals surface area contributed by atoms with E-state index in [-0.39, 0.29) is 23.3 Å². The van der Waals surface area contributed by atoms with Crippen molar-refractivity contribution in [2.24, 2.45) is 11.3 Å². The molecule has 0 bridgehead atoms. The molecule has 3 saturated heterocycles. The van der Waals surface area contributed by atoms with Gasteiger partial charge in [0.05, 0.1) is 36.1 Å². The van der Waals surface area contributed by atoms with E-state index in [1.807, 2.05) is 12.1 Å².